The number of halogens is 3. The molecule has 0 aliphatic carbocycles. The molecular formula is C20H16F3N7O. The predicted octanol–water partition coefficient (Wildman–Crippen LogP) is 3.22. The number of fused-ring (bicyclic) bond motifs is 1. The number of rotatable bonds is 3. The van der Waals surface area contributed by atoms with Crippen LogP contribution < -0.4 is 0 Å². The van der Waals surface area contributed by atoms with Crippen molar-refractivity contribution in [2.75, 3.05) is 13.1 Å². The number of amides is 1. The van der Waals surface area contributed by atoms with E-state index in [2.05, 4.69) is 25.1 Å². The summed E-state index contributed by atoms with van der Waals surface area (Å²) in [5.41, 5.74) is 1.94. The van der Waals surface area contributed by atoms with Crippen LogP contribution in [-0.2, 0) is 0 Å². The van der Waals surface area contributed by atoms with Crippen molar-refractivity contribution in [1.29, 1.82) is 0 Å². The van der Waals surface area contributed by atoms with Crippen molar-refractivity contribution in [3.05, 3.63) is 54.5 Å². The number of nitrogens with zero attached hydrogens (tertiary/aromatic N) is 6. The molecule has 0 bridgehead atoms. The normalized spacial score (nSPS) is 16.0. The lowest BCUT2D eigenvalue weighted by molar-refractivity contribution is -0.0495. The van der Waals surface area contributed by atoms with Gasteiger partial charge in [-0.25, -0.2) is 28.1 Å². The van der Waals surface area contributed by atoms with Crippen molar-refractivity contribution >= 4 is 17.1 Å². The van der Waals surface area contributed by atoms with E-state index in [0.29, 0.717) is 28.2 Å². The van der Waals surface area contributed by atoms with E-state index in [9.17, 15) is 18.0 Å². The minimum atomic E-state index is -2.74. The fraction of sp³-hybridized carbons (Fsp3) is 0.250. The Morgan fingerprint density at radius 3 is 2.68 bits per heavy atom. The third-order valence-corrected chi connectivity index (χ3v) is 5.24. The van der Waals surface area contributed by atoms with Crippen LogP contribution in [0.5, 0.6) is 0 Å². The molecule has 0 spiro atoms. The number of carbonyl (C=O) groups is 1. The van der Waals surface area contributed by atoms with Crippen molar-refractivity contribution in [2.45, 2.75) is 18.8 Å². The highest BCUT2D eigenvalue weighted by molar-refractivity contribution is 5.93. The van der Waals surface area contributed by atoms with Crippen LogP contribution in [0.15, 0.2) is 43.0 Å². The molecular weight excluding hydrogens is 411 g/mol. The maximum absolute atomic E-state index is 14.2. The Balaban J connectivity index is 1.46. The van der Waals surface area contributed by atoms with E-state index in [1.54, 1.807) is 22.9 Å². The zero-order valence-corrected chi connectivity index (χ0v) is 16.1. The first-order chi connectivity index (χ1) is 14.9. The summed E-state index contributed by atoms with van der Waals surface area (Å²) in [6.07, 6.45) is 3.58. The Morgan fingerprint density at radius 1 is 1.13 bits per heavy atom. The van der Waals surface area contributed by atoms with Gasteiger partial charge in [0.2, 0.25) is 0 Å². The Hall–Kier alpha value is -3.76. The number of alkyl halides is 2. The molecule has 4 heterocycles. The minimum Gasteiger partial charge on any atom is -0.337 e. The van der Waals surface area contributed by atoms with Crippen molar-refractivity contribution in [1.82, 2.24) is 34.6 Å². The fourth-order valence-corrected chi connectivity index (χ4v) is 3.62. The largest absolute Gasteiger partial charge is 0.337 e. The van der Waals surface area contributed by atoms with Gasteiger partial charge in [-0.2, -0.15) is 5.10 Å². The summed E-state index contributed by atoms with van der Waals surface area (Å²) in [6, 6.07) is 6.05. The molecule has 1 aliphatic rings. The first-order valence-corrected chi connectivity index (χ1v) is 9.58. The Bertz CT molecular complexity index is 1260. The topological polar surface area (TPSA) is 92.6 Å². The zero-order chi connectivity index (χ0) is 21.6. The number of H-pyrrole nitrogens is 1. The number of piperidine rings is 1. The number of hydrogen-bond acceptors (Lipinski definition) is 5. The third-order valence-electron chi connectivity index (χ3n) is 5.24. The molecule has 1 N–H and O–H groups in total. The summed E-state index contributed by atoms with van der Waals surface area (Å²) in [4.78, 5) is 26.7. The average Bonchev–Trinajstić information content (AvgIpc) is 3.42. The standard InChI is InChI=1S/C20H16F3N7O/c21-13-7-12(17-25-11-26-28-17)8-14(9-13)30-4-1-15-18(30)24-10-16(27-15)19(31)29-5-2-20(22,23)3-6-29/h1,4,7-11H,2-3,5-6H2,(H,25,26,28). The van der Waals surface area contributed by atoms with Crippen LogP contribution in [0.1, 0.15) is 23.3 Å². The molecule has 158 valence electrons. The predicted molar refractivity (Wildman–Crippen MR) is 104 cm³/mol. The molecule has 1 saturated heterocycles. The van der Waals surface area contributed by atoms with Crippen LogP contribution in [-0.4, -0.2) is 59.5 Å². The molecule has 3 aromatic heterocycles. The van der Waals surface area contributed by atoms with Crippen LogP contribution >= 0.6 is 0 Å². The van der Waals surface area contributed by atoms with Crippen molar-refractivity contribution in [3.8, 4) is 17.1 Å². The highest BCUT2D eigenvalue weighted by atomic mass is 19.3. The summed E-state index contributed by atoms with van der Waals surface area (Å²) >= 11 is 0. The number of benzene rings is 1. The summed E-state index contributed by atoms with van der Waals surface area (Å²) in [5, 5.41) is 6.47. The number of nitrogens with one attached hydrogen (secondary N) is 1. The minimum absolute atomic E-state index is 0.0275. The third kappa shape index (κ3) is 3.62. The summed E-state index contributed by atoms with van der Waals surface area (Å²) in [7, 11) is 0. The molecule has 5 rings (SSSR count). The van der Waals surface area contributed by atoms with E-state index in [4.69, 9.17) is 0 Å². The fourth-order valence-electron chi connectivity index (χ4n) is 3.62. The molecule has 1 amide bonds. The molecule has 0 atom stereocenters. The lowest BCUT2D eigenvalue weighted by atomic mass is 10.1. The summed E-state index contributed by atoms with van der Waals surface area (Å²) in [5.74, 6) is -3.22. The molecule has 1 aromatic carbocycles. The van der Waals surface area contributed by atoms with E-state index >= 15 is 0 Å². The highest BCUT2D eigenvalue weighted by Gasteiger charge is 2.36. The van der Waals surface area contributed by atoms with Gasteiger partial charge < -0.3 is 4.90 Å². The maximum atomic E-state index is 14.2. The Kier molecular flexibility index (Phi) is 4.45. The lowest BCUT2D eigenvalue weighted by Gasteiger charge is -2.31. The maximum Gasteiger partial charge on any atom is 0.274 e. The quantitative estimate of drug-likeness (QED) is 0.542. The van der Waals surface area contributed by atoms with Crippen molar-refractivity contribution in [3.63, 3.8) is 0 Å². The molecule has 1 aliphatic heterocycles. The van der Waals surface area contributed by atoms with Crippen LogP contribution in [0.3, 0.4) is 0 Å². The molecule has 0 saturated carbocycles. The number of aromatic amines is 1. The second kappa shape index (κ2) is 7.18. The van der Waals surface area contributed by atoms with Crippen molar-refractivity contribution in [2.24, 2.45) is 0 Å². The molecule has 0 radical (unpaired) electrons. The second-order valence-corrected chi connectivity index (χ2v) is 7.33. The number of likely N-dealkylation sites (tertiary alicyclic amines) is 1. The van der Waals surface area contributed by atoms with E-state index in [0.717, 1.165) is 0 Å². The smallest absolute Gasteiger partial charge is 0.274 e. The molecule has 0 unspecified atom stereocenters. The molecule has 4 aromatic rings. The van der Waals surface area contributed by atoms with Crippen LogP contribution in [0.25, 0.3) is 28.2 Å². The summed E-state index contributed by atoms with van der Waals surface area (Å²) < 4.78 is 42.6. The van der Waals surface area contributed by atoms with Crippen molar-refractivity contribution < 1.29 is 18.0 Å². The number of hydrogen-bond donors (Lipinski definition) is 1. The number of aromatic nitrogens is 6. The lowest BCUT2D eigenvalue weighted by Crippen LogP contribution is -2.43. The van der Waals surface area contributed by atoms with Gasteiger partial charge in [0, 0.05) is 37.7 Å². The van der Waals surface area contributed by atoms with E-state index in [-0.39, 0.29) is 31.6 Å². The van der Waals surface area contributed by atoms with Gasteiger partial charge in [-0.05, 0) is 24.3 Å². The van der Waals surface area contributed by atoms with Gasteiger partial charge in [0.25, 0.3) is 11.8 Å². The SMILES string of the molecule is O=C(c1cnc2c(ccn2-c2cc(F)cc(-c3ncn[nH]3)c2)n1)N1CCC(F)(F)CC1. The van der Waals surface area contributed by atoms with Gasteiger partial charge in [-0.3, -0.25) is 14.5 Å². The van der Waals surface area contributed by atoms with E-state index in [1.807, 2.05) is 0 Å². The van der Waals surface area contributed by atoms with Gasteiger partial charge in [-0.15, -0.1) is 0 Å². The van der Waals surface area contributed by atoms with Gasteiger partial charge in [0.05, 0.1) is 11.9 Å². The van der Waals surface area contributed by atoms with Gasteiger partial charge >= 0.3 is 0 Å². The molecule has 11 heteroatoms. The zero-order valence-electron chi connectivity index (χ0n) is 16.1. The Labute approximate surface area is 173 Å². The Morgan fingerprint density at radius 2 is 1.94 bits per heavy atom. The van der Waals surface area contributed by atoms with Gasteiger partial charge in [-0.1, -0.05) is 0 Å². The van der Waals surface area contributed by atoms with E-state index in [1.165, 1.54) is 29.6 Å². The second-order valence-electron chi connectivity index (χ2n) is 7.33. The van der Waals surface area contributed by atoms with Crippen LogP contribution in [0, 0.1) is 5.82 Å². The first-order valence-electron chi connectivity index (χ1n) is 9.58. The monoisotopic (exact) mass is 427 g/mol. The summed E-state index contributed by atoms with van der Waals surface area (Å²) in [6.45, 7) is -0.0550. The van der Waals surface area contributed by atoms with Gasteiger partial charge in [0.15, 0.2) is 11.5 Å². The molecule has 31 heavy (non-hydrogen) atoms. The molecule has 8 nitrogen and oxygen atoms in total. The van der Waals surface area contributed by atoms with Crippen LogP contribution in [0.2, 0.25) is 0 Å². The highest BCUT2D eigenvalue weighted by Crippen LogP contribution is 2.28. The average molecular weight is 427 g/mol. The first kappa shape index (κ1) is 19.2. The molecule has 1 fully saturated rings. The van der Waals surface area contributed by atoms with Gasteiger partial charge in [0.1, 0.15) is 23.4 Å². The van der Waals surface area contributed by atoms with Crippen LogP contribution in [0.4, 0.5) is 13.2 Å². The number of carbonyl (C=O) groups excluding carboxylic acids is 1. The van der Waals surface area contributed by atoms with E-state index < -0.39 is 17.6 Å².